The zero-order valence-electron chi connectivity index (χ0n) is 20.5. The normalized spacial score (nSPS) is 14.0. The molecule has 2 aromatic heterocycles. The number of methoxy groups -OCH3 is 2. The Morgan fingerprint density at radius 1 is 1.08 bits per heavy atom. The number of hydrogen-bond acceptors (Lipinski definition) is 7. The van der Waals surface area contributed by atoms with Crippen LogP contribution in [0.3, 0.4) is 0 Å². The van der Waals surface area contributed by atoms with Gasteiger partial charge in [0, 0.05) is 49.1 Å². The molecule has 2 aromatic carbocycles. The van der Waals surface area contributed by atoms with E-state index in [0.717, 1.165) is 16.3 Å². The summed E-state index contributed by atoms with van der Waals surface area (Å²) < 4.78 is 49.5. The molecule has 0 saturated carbocycles. The monoisotopic (exact) mass is 543 g/mol. The average molecular weight is 544 g/mol. The van der Waals surface area contributed by atoms with E-state index in [2.05, 4.69) is 15.4 Å². The number of rotatable bonds is 8. The first-order valence-corrected chi connectivity index (χ1v) is 12.6. The van der Waals surface area contributed by atoms with Crippen molar-refractivity contribution >= 4 is 39.9 Å². The van der Waals surface area contributed by atoms with Crippen molar-refractivity contribution in [3.8, 4) is 16.9 Å². The predicted octanol–water partition coefficient (Wildman–Crippen LogP) is 5.53. The van der Waals surface area contributed by atoms with Crippen molar-refractivity contribution in [1.29, 1.82) is 0 Å². The highest BCUT2D eigenvalue weighted by Gasteiger charge is 2.31. The van der Waals surface area contributed by atoms with Crippen LogP contribution in [-0.2, 0) is 10.6 Å². The minimum atomic E-state index is -4.31. The summed E-state index contributed by atoms with van der Waals surface area (Å²) in [4.78, 5) is 18.9. The van der Waals surface area contributed by atoms with Crippen molar-refractivity contribution in [2.75, 3.05) is 32.6 Å². The Hall–Kier alpha value is -3.77. The summed E-state index contributed by atoms with van der Waals surface area (Å²) in [7, 11) is 3.17. The topological polar surface area (TPSA) is 81.5 Å². The third-order valence-electron chi connectivity index (χ3n) is 6.23. The van der Waals surface area contributed by atoms with Crippen molar-refractivity contribution in [2.45, 2.75) is 17.5 Å². The van der Waals surface area contributed by atoms with Gasteiger partial charge in [0.2, 0.25) is 0 Å². The van der Waals surface area contributed by atoms with E-state index in [1.807, 2.05) is 24.3 Å². The smallest absolute Gasteiger partial charge is 0.443 e. The average Bonchev–Trinajstić information content (AvgIpc) is 3.35. The van der Waals surface area contributed by atoms with Gasteiger partial charge in [-0.2, -0.15) is 18.3 Å². The fraction of sp³-hybridized carbons (Fsp3) is 0.269. The van der Waals surface area contributed by atoms with Crippen LogP contribution in [-0.4, -0.2) is 64.5 Å². The molecule has 1 amide bonds. The zero-order valence-corrected chi connectivity index (χ0v) is 21.3. The lowest BCUT2D eigenvalue weighted by Crippen LogP contribution is -2.54. The van der Waals surface area contributed by atoms with E-state index in [1.165, 1.54) is 11.8 Å². The number of carbonyl (C=O) groups is 1. The molecule has 1 aliphatic rings. The van der Waals surface area contributed by atoms with E-state index >= 15 is 0 Å². The number of aromatic nitrogens is 3. The van der Waals surface area contributed by atoms with Crippen LogP contribution in [0.1, 0.15) is 10.4 Å². The van der Waals surface area contributed by atoms with Crippen LogP contribution in [0.25, 0.3) is 21.9 Å². The van der Waals surface area contributed by atoms with Crippen LogP contribution in [0.4, 0.5) is 24.7 Å². The molecule has 1 saturated heterocycles. The second-order valence-electron chi connectivity index (χ2n) is 8.73. The standard InChI is InChI=1S/C26H24F3N5O3S/c1-36-21-13-33(14-21)25(35)17-5-6-22(23(8-17)37-2)32-24-9-19-7-16(3-4-18(19)10-30-24)20-11-31-34(12-20)15-38-26(27,28)29/h3-12,21H,13-15H2,1-2H3,(H,30,32). The first kappa shape index (κ1) is 25.9. The number of thioether (sulfide) groups is 1. The van der Waals surface area contributed by atoms with Gasteiger partial charge in [0.1, 0.15) is 11.6 Å². The number of halogens is 3. The summed E-state index contributed by atoms with van der Waals surface area (Å²) in [6.07, 6.45) is 4.93. The van der Waals surface area contributed by atoms with Crippen LogP contribution in [0, 0.1) is 0 Å². The van der Waals surface area contributed by atoms with Crippen molar-refractivity contribution in [3.63, 3.8) is 0 Å². The molecule has 4 aromatic rings. The first-order chi connectivity index (χ1) is 18.2. The van der Waals surface area contributed by atoms with Crippen molar-refractivity contribution < 1.29 is 27.4 Å². The van der Waals surface area contributed by atoms with Gasteiger partial charge >= 0.3 is 5.51 Å². The summed E-state index contributed by atoms with van der Waals surface area (Å²) in [5.41, 5.74) is -1.62. The minimum Gasteiger partial charge on any atom is -0.495 e. The third-order valence-corrected chi connectivity index (χ3v) is 6.95. The molecule has 12 heteroatoms. The maximum atomic E-state index is 12.7. The number of nitrogens with one attached hydrogen (secondary N) is 1. The largest absolute Gasteiger partial charge is 0.495 e. The quantitative estimate of drug-likeness (QED) is 0.313. The number of amides is 1. The predicted molar refractivity (Wildman–Crippen MR) is 140 cm³/mol. The number of fused-ring (bicyclic) bond motifs is 1. The molecule has 38 heavy (non-hydrogen) atoms. The molecule has 198 valence electrons. The summed E-state index contributed by atoms with van der Waals surface area (Å²) in [5.74, 6) is 0.668. The zero-order chi connectivity index (χ0) is 26.9. The highest BCUT2D eigenvalue weighted by molar-refractivity contribution is 7.99. The Kier molecular flexibility index (Phi) is 7.17. The van der Waals surface area contributed by atoms with E-state index < -0.39 is 5.51 Å². The van der Waals surface area contributed by atoms with Crippen LogP contribution in [0.15, 0.2) is 61.1 Å². The summed E-state index contributed by atoms with van der Waals surface area (Å²) in [6, 6.07) is 12.8. The number of carbonyl (C=O) groups excluding carboxylic acids is 1. The Bertz CT molecular complexity index is 1470. The van der Waals surface area contributed by atoms with Crippen LogP contribution < -0.4 is 10.1 Å². The molecule has 0 unspecified atom stereocenters. The Morgan fingerprint density at radius 3 is 2.63 bits per heavy atom. The molecule has 0 bridgehead atoms. The van der Waals surface area contributed by atoms with Crippen molar-refractivity contribution in [1.82, 2.24) is 19.7 Å². The van der Waals surface area contributed by atoms with Crippen molar-refractivity contribution in [3.05, 3.63) is 66.6 Å². The molecule has 1 N–H and O–H groups in total. The highest BCUT2D eigenvalue weighted by atomic mass is 32.2. The second-order valence-corrected chi connectivity index (χ2v) is 9.74. The maximum Gasteiger partial charge on any atom is 0.443 e. The summed E-state index contributed by atoms with van der Waals surface area (Å²) in [6.45, 7) is 1.13. The number of pyridine rings is 1. The van der Waals surface area contributed by atoms with Gasteiger partial charge in [-0.1, -0.05) is 12.1 Å². The Labute approximate surface area is 220 Å². The molecule has 0 spiro atoms. The second kappa shape index (κ2) is 10.5. The lowest BCUT2D eigenvalue weighted by Gasteiger charge is -2.38. The molecule has 0 atom stereocenters. The number of nitrogens with zero attached hydrogens (tertiary/aromatic N) is 4. The fourth-order valence-corrected chi connectivity index (χ4v) is 4.53. The van der Waals surface area contributed by atoms with E-state index in [9.17, 15) is 18.0 Å². The fourth-order valence-electron chi connectivity index (χ4n) is 4.11. The molecule has 3 heterocycles. The third kappa shape index (κ3) is 5.70. The molecule has 8 nitrogen and oxygen atoms in total. The Balaban J connectivity index is 1.33. The molecular weight excluding hydrogens is 519 g/mol. The number of anilines is 2. The number of benzene rings is 2. The number of alkyl halides is 3. The molecular formula is C26H24F3N5O3S. The molecule has 5 rings (SSSR count). The van der Waals surface area contributed by atoms with Gasteiger partial charge < -0.3 is 19.7 Å². The van der Waals surface area contributed by atoms with Gasteiger partial charge in [-0.3, -0.25) is 9.48 Å². The van der Waals surface area contributed by atoms with E-state index in [-0.39, 0.29) is 29.6 Å². The van der Waals surface area contributed by atoms with Gasteiger partial charge in [0.25, 0.3) is 5.91 Å². The van der Waals surface area contributed by atoms with E-state index in [1.54, 1.807) is 48.8 Å². The minimum absolute atomic E-state index is 0.0749. The van der Waals surface area contributed by atoms with E-state index in [0.29, 0.717) is 41.5 Å². The molecule has 0 aliphatic carbocycles. The first-order valence-electron chi connectivity index (χ1n) is 11.6. The Morgan fingerprint density at radius 2 is 1.89 bits per heavy atom. The molecule has 0 radical (unpaired) electrons. The number of hydrogen-bond donors (Lipinski definition) is 1. The molecule has 1 fully saturated rings. The van der Waals surface area contributed by atoms with Crippen LogP contribution >= 0.6 is 11.8 Å². The lowest BCUT2D eigenvalue weighted by atomic mass is 10.0. The number of ether oxygens (including phenoxy) is 2. The summed E-state index contributed by atoms with van der Waals surface area (Å²) in [5, 5.41) is 9.06. The van der Waals surface area contributed by atoms with E-state index in [4.69, 9.17) is 9.47 Å². The van der Waals surface area contributed by atoms with Gasteiger partial charge in [-0.05, 0) is 53.0 Å². The SMILES string of the molecule is COc1cc(C(=O)N2CC(OC)C2)ccc1Nc1cc2cc(-c3cnn(CSC(F)(F)F)c3)ccc2cn1. The van der Waals surface area contributed by atoms with Crippen LogP contribution in [0.5, 0.6) is 5.75 Å². The lowest BCUT2D eigenvalue weighted by molar-refractivity contribution is -0.0333. The van der Waals surface area contributed by atoms with Gasteiger partial charge in [0.05, 0.1) is 31.0 Å². The van der Waals surface area contributed by atoms with Crippen molar-refractivity contribution in [2.24, 2.45) is 0 Å². The van der Waals surface area contributed by atoms with Gasteiger partial charge in [0.15, 0.2) is 0 Å². The summed E-state index contributed by atoms with van der Waals surface area (Å²) >= 11 is -0.140. The maximum absolute atomic E-state index is 12.7. The van der Waals surface area contributed by atoms with Gasteiger partial charge in [-0.25, -0.2) is 4.98 Å². The van der Waals surface area contributed by atoms with Gasteiger partial charge in [-0.15, -0.1) is 0 Å². The van der Waals surface area contributed by atoms with Crippen LogP contribution in [0.2, 0.25) is 0 Å². The number of likely N-dealkylation sites (tertiary alicyclic amines) is 1. The molecule has 1 aliphatic heterocycles. The highest BCUT2D eigenvalue weighted by Crippen LogP contribution is 2.33.